The molecule has 1 N–H and O–H groups in total. The summed E-state index contributed by atoms with van der Waals surface area (Å²) >= 11 is 0. The number of benzene rings is 1. The lowest BCUT2D eigenvalue weighted by molar-refractivity contribution is 0.0928. The van der Waals surface area contributed by atoms with E-state index < -0.39 is 6.09 Å². The fourth-order valence-corrected chi connectivity index (χ4v) is 1.80. The summed E-state index contributed by atoms with van der Waals surface area (Å²) in [6, 6.07) is 9.42. The second-order valence-corrected chi connectivity index (χ2v) is 4.49. The highest BCUT2D eigenvalue weighted by Gasteiger charge is 2.19. The van der Waals surface area contributed by atoms with Crippen molar-refractivity contribution >= 4 is 6.09 Å². The Hall–Kier alpha value is -2.57. The largest absolute Gasteiger partial charge is 0.478 e. The van der Waals surface area contributed by atoms with E-state index in [4.69, 9.17) is 4.74 Å². The van der Waals surface area contributed by atoms with Crippen LogP contribution in [0, 0.1) is 0 Å². The van der Waals surface area contributed by atoms with Crippen LogP contribution >= 0.6 is 0 Å². The number of nitrogens with zero attached hydrogens (tertiary/aromatic N) is 3. The van der Waals surface area contributed by atoms with Crippen molar-refractivity contribution in [2.45, 2.75) is 26.5 Å². The van der Waals surface area contributed by atoms with Crippen LogP contribution in [0.1, 0.15) is 24.6 Å². The number of hydrogen-bond donors (Lipinski definition) is 1. The predicted octanol–water partition coefficient (Wildman–Crippen LogP) is 2.32. The molecule has 21 heavy (non-hydrogen) atoms. The van der Waals surface area contributed by atoms with E-state index in [-0.39, 0.29) is 24.8 Å². The van der Waals surface area contributed by atoms with Gasteiger partial charge in [-0.25, -0.2) is 4.79 Å². The van der Waals surface area contributed by atoms with Crippen LogP contribution in [0.25, 0.3) is 0 Å². The van der Waals surface area contributed by atoms with Crippen molar-refractivity contribution in [2.75, 3.05) is 6.54 Å². The zero-order valence-corrected chi connectivity index (χ0v) is 11.7. The molecule has 112 valence electrons. The molecule has 0 atom stereocenters. The molecule has 0 saturated carbocycles. The number of aromatic nitrogens is 2. The number of amides is 1. The number of carbonyl (C=O) groups excluding carboxylic acids is 1. The van der Waals surface area contributed by atoms with Gasteiger partial charge in [0.2, 0.25) is 0 Å². The minimum atomic E-state index is -0.469. The number of aromatic hydroxyl groups is 1. The molecule has 7 heteroatoms. The third-order valence-corrected chi connectivity index (χ3v) is 2.83. The molecule has 2 aromatic rings. The highest BCUT2D eigenvalue weighted by atomic mass is 16.6. The molecule has 1 amide bonds. The van der Waals surface area contributed by atoms with Crippen LogP contribution in [0.3, 0.4) is 0 Å². The van der Waals surface area contributed by atoms with E-state index in [1.54, 1.807) is 0 Å². The van der Waals surface area contributed by atoms with E-state index in [2.05, 4.69) is 14.9 Å². The van der Waals surface area contributed by atoms with E-state index in [1.807, 2.05) is 37.3 Å². The summed E-state index contributed by atoms with van der Waals surface area (Å²) in [4.78, 5) is 13.5. The molecule has 2 rings (SSSR count). The molecule has 0 aliphatic rings. The molecule has 0 saturated heterocycles. The Bertz CT molecular complexity index is 571. The van der Waals surface area contributed by atoms with Gasteiger partial charge in [0.15, 0.2) is 5.69 Å². The normalized spacial score (nSPS) is 10.3. The third kappa shape index (κ3) is 4.20. The van der Waals surface area contributed by atoms with Crippen LogP contribution in [-0.4, -0.2) is 33.0 Å². The second-order valence-electron chi connectivity index (χ2n) is 4.49. The van der Waals surface area contributed by atoms with Crippen molar-refractivity contribution in [3.8, 4) is 5.95 Å². The lowest BCUT2D eigenvalue weighted by atomic mass is 10.2. The van der Waals surface area contributed by atoms with Crippen LogP contribution in [0.4, 0.5) is 4.79 Å². The zero-order valence-electron chi connectivity index (χ0n) is 11.7. The summed E-state index contributed by atoms with van der Waals surface area (Å²) in [7, 11) is 0. The number of ether oxygens (including phenoxy) is 1. The maximum atomic E-state index is 12.1. The van der Waals surface area contributed by atoms with Crippen LogP contribution in [0.15, 0.2) is 34.9 Å². The van der Waals surface area contributed by atoms with Gasteiger partial charge in [-0.1, -0.05) is 37.3 Å². The highest BCUT2D eigenvalue weighted by Crippen LogP contribution is 2.15. The first-order chi connectivity index (χ1) is 10.2. The maximum absolute atomic E-state index is 12.1. The molecule has 1 heterocycles. The summed E-state index contributed by atoms with van der Waals surface area (Å²) in [5, 5.41) is 16.2. The Balaban J connectivity index is 1.94. The lowest BCUT2D eigenvalue weighted by Gasteiger charge is -2.20. The van der Waals surface area contributed by atoms with Crippen LogP contribution in [0.5, 0.6) is 5.95 Å². The van der Waals surface area contributed by atoms with E-state index >= 15 is 0 Å². The minimum Gasteiger partial charge on any atom is -0.478 e. The number of hydrogen-bond acceptors (Lipinski definition) is 6. The Kier molecular flexibility index (Phi) is 5.14. The van der Waals surface area contributed by atoms with E-state index in [9.17, 15) is 9.90 Å². The van der Waals surface area contributed by atoms with E-state index in [1.165, 1.54) is 4.90 Å². The predicted molar refractivity (Wildman–Crippen MR) is 73.3 cm³/mol. The summed E-state index contributed by atoms with van der Waals surface area (Å²) < 4.78 is 9.73. The van der Waals surface area contributed by atoms with Crippen molar-refractivity contribution in [3.63, 3.8) is 0 Å². The Morgan fingerprint density at radius 2 is 2.14 bits per heavy atom. The number of carbonyl (C=O) groups is 1. The van der Waals surface area contributed by atoms with Crippen LogP contribution in [0.2, 0.25) is 0 Å². The van der Waals surface area contributed by atoms with E-state index in [0.717, 1.165) is 12.0 Å². The maximum Gasteiger partial charge on any atom is 0.410 e. The summed E-state index contributed by atoms with van der Waals surface area (Å²) in [5.41, 5.74) is 1.12. The first kappa shape index (κ1) is 14.8. The van der Waals surface area contributed by atoms with Gasteiger partial charge in [-0.15, -0.1) is 5.10 Å². The Labute approximate surface area is 122 Å². The molecule has 0 radical (unpaired) electrons. The van der Waals surface area contributed by atoms with Crippen molar-refractivity contribution in [1.29, 1.82) is 0 Å². The van der Waals surface area contributed by atoms with Gasteiger partial charge in [-0.3, -0.25) is 4.52 Å². The molecule has 7 nitrogen and oxygen atoms in total. The molecular formula is C14H17N3O4. The number of rotatable bonds is 6. The summed E-state index contributed by atoms with van der Waals surface area (Å²) in [5.74, 6) is -0.382. The molecule has 0 aliphatic heterocycles. The average molecular weight is 291 g/mol. The molecule has 1 aromatic carbocycles. The smallest absolute Gasteiger partial charge is 0.410 e. The van der Waals surface area contributed by atoms with Gasteiger partial charge in [0, 0.05) is 11.8 Å². The fraction of sp³-hybridized carbons (Fsp3) is 0.357. The third-order valence-electron chi connectivity index (χ3n) is 2.83. The molecule has 1 aromatic heterocycles. The van der Waals surface area contributed by atoms with Gasteiger partial charge < -0.3 is 14.7 Å². The van der Waals surface area contributed by atoms with Crippen molar-refractivity contribution in [1.82, 2.24) is 15.3 Å². The van der Waals surface area contributed by atoms with Crippen molar-refractivity contribution in [3.05, 3.63) is 41.6 Å². The molecule has 0 bridgehead atoms. The molecule has 0 aliphatic carbocycles. The zero-order chi connectivity index (χ0) is 15.1. The van der Waals surface area contributed by atoms with Crippen LogP contribution in [-0.2, 0) is 17.9 Å². The average Bonchev–Trinajstić information content (AvgIpc) is 2.91. The van der Waals surface area contributed by atoms with Gasteiger partial charge in [-0.2, -0.15) is 0 Å². The second kappa shape index (κ2) is 7.28. The lowest BCUT2D eigenvalue weighted by Crippen LogP contribution is -2.32. The van der Waals surface area contributed by atoms with Gasteiger partial charge in [0.1, 0.15) is 6.61 Å². The van der Waals surface area contributed by atoms with Gasteiger partial charge in [-0.05, 0) is 12.0 Å². The Morgan fingerprint density at radius 3 is 2.76 bits per heavy atom. The molecule has 0 unspecified atom stereocenters. The first-order valence-electron chi connectivity index (χ1n) is 6.66. The SMILES string of the molecule is CCCN(Cc1nnoc1O)C(=O)OCc1ccccc1. The standard InChI is InChI=1S/C14H17N3O4/c1-2-8-17(9-12-13(18)21-16-15-12)14(19)20-10-11-6-4-3-5-7-11/h3-7,18H,2,8-10H2,1H3. The van der Waals surface area contributed by atoms with Crippen molar-refractivity contribution < 1.29 is 19.2 Å². The Morgan fingerprint density at radius 1 is 1.38 bits per heavy atom. The van der Waals surface area contributed by atoms with Gasteiger partial charge in [0.25, 0.3) is 0 Å². The molecule has 0 fully saturated rings. The molecule has 0 spiro atoms. The first-order valence-corrected chi connectivity index (χ1v) is 6.66. The van der Waals surface area contributed by atoms with Crippen LogP contribution < -0.4 is 0 Å². The van der Waals surface area contributed by atoms with Gasteiger partial charge in [0.05, 0.1) is 6.54 Å². The molecular weight excluding hydrogens is 274 g/mol. The quantitative estimate of drug-likeness (QED) is 0.878. The minimum absolute atomic E-state index is 0.0940. The highest BCUT2D eigenvalue weighted by molar-refractivity contribution is 5.67. The topological polar surface area (TPSA) is 88.7 Å². The summed E-state index contributed by atoms with van der Waals surface area (Å²) in [6.07, 6.45) is 0.287. The fourth-order valence-electron chi connectivity index (χ4n) is 1.80. The van der Waals surface area contributed by atoms with Crippen molar-refractivity contribution in [2.24, 2.45) is 0 Å². The summed E-state index contributed by atoms with van der Waals surface area (Å²) in [6.45, 7) is 2.72. The van der Waals surface area contributed by atoms with Gasteiger partial charge >= 0.3 is 12.0 Å². The monoisotopic (exact) mass is 291 g/mol. The van der Waals surface area contributed by atoms with E-state index in [0.29, 0.717) is 6.54 Å².